The zero-order valence-corrected chi connectivity index (χ0v) is 17.0. The van der Waals surface area contributed by atoms with Crippen LogP contribution in [0.1, 0.15) is 5.56 Å². The summed E-state index contributed by atoms with van der Waals surface area (Å²) in [5.41, 5.74) is 1.92. The van der Waals surface area contributed by atoms with Crippen LogP contribution in [0.25, 0.3) is 11.1 Å². The first-order valence-electron chi connectivity index (χ1n) is 9.19. The molecule has 9 heteroatoms. The van der Waals surface area contributed by atoms with Gasteiger partial charge in [-0.15, -0.1) is 0 Å². The Bertz CT molecular complexity index is 1010. The summed E-state index contributed by atoms with van der Waals surface area (Å²) in [5.74, 6) is -2.73. The quantitative estimate of drug-likeness (QED) is 0.800. The summed E-state index contributed by atoms with van der Waals surface area (Å²) in [6.45, 7) is 0.458. The van der Waals surface area contributed by atoms with E-state index in [1.54, 1.807) is 24.3 Å². The second kappa shape index (κ2) is 8.56. The summed E-state index contributed by atoms with van der Waals surface area (Å²) >= 11 is 0. The summed E-state index contributed by atoms with van der Waals surface area (Å²) in [7, 11) is -0.767. The van der Waals surface area contributed by atoms with Crippen molar-refractivity contribution in [3.05, 3.63) is 59.7 Å². The number of benzene rings is 2. The van der Waals surface area contributed by atoms with Crippen molar-refractivity contribution in [1.29, 1.82) is 0 Å². The van der Waals surface area contributed by atoms with E-state index in [0.717, 1.165) is 22.0 Å². The number of carbonyl (C=O) groups excluding carboxylic acids is 1. The highest BCUT2D eigenvalue weighted by Gasteiger charge is 2.33. The van der Waals surface area contributed by atoms with Crippen LogP contribution < -0.4 is 5.32 Å². The highest BCUT2D eigenvalue weighted by molar-refractivity contribution is 7.86. The van der Waals surface area contributed by atoms with Crippen LogP contribution >= 0.6 is 0 Å². The van der Waals surface area contributed by atoms with E-state index in [9.17, 15) is 22.0 Å². The highest BCUT2D eigenvalue weighted by Crippen LogP contribution is 2.28. The first kappa shape index (κ1) is 21.4. The maximum atomic E-state index is 13.7. The molecule has 6 nitrogen and oxygen atoms in total. The van der Waals surface area contributed by atoms with E-state index in [2.05, 4.69) is 5.32 Å². The van der Waals surface area contributed by atoms with Crippen LogP contribution in [0.15, 0.2) is 42.5 Å². The molecule has 1 aliphatic heterocycles. The standard InChI is InChI=1S/C20H23F2N3O3S/c1-24(2)29(27,28)25-10-9-23-20(26)16(13-25)11-14-5-3-4-6-17(14)15-7-8-18(21)19(22)12-15/h3-8,12,16H,9-11,13H2,1-2H3,(H,23,26). The van der Waals surface area contributed by atoms with E-state index in [1.807, 2.05) is 0 Å². The van der Waals surface area contributed by atoms with Crippen molar-refractivity contribution in [2.45, 2.75) is 6.42 Å². The normalized spacial score (nSPS) is 18.5. The second-order valence-electron chi connectivity index (χ2n) is 7.13. The van der Waals surface area contributed by atoms with Crippen LogP contribution in [0.2, 0.25) is 0 Å². The molecule has 1 amide bonds. The Labute approximate surface area is 169 Å². The van der Waals surface area contributed by atoms with Gasteiger partial charge < -0.3 is 5.32 Å². The Morgan fingerprint density at radius 3 is 2.55 bits per heavy atom. The summed E-state index contributed by atoms with van der Waals surface area (Å²) in [4.78, 5) is 12.6. The maximum Gasteiger partial charge on any atom is 0.281 e. The summed E-state index contributed by atoms with van der Waals surface area (Å²) in [6, 6.07) is 10.8. The lowest BCUT2D eigenvalue weighted by Crippen LogP contribution is -2.43. The largest absolute Gasteiger partial charge is 0.354 e. The molecule has 1 unspecified atom stereocenters. The van der Waals surface area contributed by atoms with Crippen LogP contribution in [0.4, 0.5) is 8.78 Å². The Morgan fingerprint density at radius 1 is 1.14 bits per heavy atom. The SMILES string of the molecule is CN(C)S(=O)(=O)N1CCNC(=O)C(Cc2ccccc2-c2ccc(F)c(F)c2)C1. The van der Waals surface area contributed by atoms with Gasteiger partial charge in [0.05, 0.1) is 5.92 Å². The molecule has 29 heavy (non-hydrogen) atoms. The summed E-state index contributed by atoms with van der Waals surface area (Å²) in [6.07, 6.45) is 0.264. The number of carbonyl (C=O) groups is 1. The summed E-state index contributed by atoms with van der Waals surface area (Å²) < 4.78 is 54.5. The molecule has 1 fully saturated rings. The van der Waals surface area contributed by atoms with E-state index in [0.29, 0.717) is 11.1 Å². The molecule has 0 saturated carbocycles. The number of rotatable bonds is 5. The van der Waals surface area contributed by atoms with Gasteiger partial charge in [-0.1, -0.05) is 30.3 Å². The molecule has 0 aromatic heterocycles. The molecule has 3 rings (SSSR count). The lowest BCUT2D eigenvalue weighted by atomic mass is 9.91. The first-order valence-corrected chi connectivity index (χ1v) is 10.6. The number of hydrogen-bond donors (Lipinski definition) is 1. The molecule has 156 valence electrons. The Balaban J connectivity index is 1.92. The predicted molar refractivity (Wildman–Crippen MR) is 106 cm³/mol. The van der Waals surface area contributed by atoms with E-state index >= 15 is 0 Å². The van der Waals surface area contributed by atoms with Crippen molar-refractivity contribution in [3.8, 4) is 11.1 Å². The van der Waals surface area contributed by atoms with Crippen LogP contribution in [-0.4, -0.2) is 56.7 Å². The average molecular weight is 423 g/mol. The van der Waals surface area contributed by atoms with Crippen LogP contribution in [0.3, 0.4) is 0 Å². The molecule has 0 spiro atoms. The van der Waals surface area contributed by atoms with Gasteiger partial charge in [-0.25, -0.2) is 8.78 Å². The molecule has 1 heterocycles. The second-order valence-corrected chi connectivity index (χ2v) is 9.27. The van der Waals surface area contributed by atoms with Crippen molar-refractivity contribution >= 4 is 16.1 Å². The number of halogens is 2. The third kappa shape index (κ3) is 4.63. The minimum Gasteiger partial charge on any atom is -0.354 e. The smallest absolute Gasteiger partial charge is 0.281 e. The van der Waals surface area contributed by atoms with Crippen LogP contribution in [0.5, 0.6) is 0 Å². The number of amides is 1. The molecule has 1 saturated heterocycles. The van der Waals surface area contributed by atoms with Gasteiger partial charge in [-0.2, -0.15) is 17.0 Å². The first-order chi connectivity index (χ1) is 13.7. The lowest BCUT2D eigenvalue weighted by Gasteiger charge is -2.26. The molecule has 2 aromatic carbocycles. The number of nitrogens with zero attached hydrogens (tertiary/aromatic N) is 2. The molecule has 1 atom stereocenters. The number of nitrogens with one attached hydrogen (secondary N) is 1. The van der Waals surface area contributed by atoms with Gasteiger partial charge in [0.15, 0.2) is 11.6 Å². The van der Waals surface area contributed by atoms with E-state index < -0.39 is 27.8 Å². The topological polar surface area (TPSA) is 69.7 Å². The van der Waals surface area contributed by atoms with Crippen LogP contribution in [0, 0.1) is 17.6 Å². The molecule has 0 aliphatic carbocycles. The van der Waals surface area contributed by atoms with Crippen molar-refractivity contribution in [2.24, 2.45) is 5.92 Å². The Morgan fingerprint density at radius 2 is 1.86 bits per heavy atom. The zero-order chi connectivity index (χ0) is 21.2. The van der Waals surface area contributed by atoms with E-state index in [1.165, 1.54) is 24.5 Å². The third-order valence-electron chi connectivity index (χ3n) is 4.96. The molecule has 1 N–H and O–H groups in total. The van der Waals surface area contributed by atoms with Crippen molar-refractivity contribution in [3.63, 3.8) is 0 Å². The minimum atomic E-state index is -3.66. The van der Waals surface area contributed by atoms with Gasteiger partial charge in [-0.3, -0.25) is 4.79 Å². The Kier molecular flexibility index (Phi) is 6.30. The van der Waals surface area contributed by atoms with Crippen LogP contribution in [-0.2, 0) is 21.4 Å². The van der Waals surface area contributed by atoms with Gasteiger partial charge in [0.1, 0.15) is 0 Å². The monoisotopic (exact) mass is 423 g/mol. The van der Waals surface area contributed by atoms with Gasteiger partial charge in [-0.05, 0) is 35.2 Å². The molecular weight excluding hydrogens is 400 g/mol. The molecule has 1 aliphatic rings. The van der Waals surface area contributed by atoms with Crippen molar-refractivity contribution in [2.75, 3.05) is 33.7 Å². The van der Waals surface area contributed by atoms with E-state index in [4.69, 9.17) is 0 Å². The molecule has 0 bridgehead atoms. The fourth-order valence-corrected chi connectivity index (χ4v) is 4.53. The zero-order valence-electron chi connectivity index (χ0n) is 16.2. The average Bonchev–Trinajstić information content (AvgIpc) is 2.86. The van der Waals surface area contributed by atoms with Crippen molar-refractivity contribution < 1.29 is 22.0 Å². The molecule has 0 radical (unpaired) electrons. The molecular formula is C20H23F2N3O3S. The highest BCUT2D eigenvalue weighted by atomic mass is 32.2. The minimum absolute atomic E-state index is 0.0401. The van der Waals surface area contributed by atoms with Gasteiger partial charge in [0.25, 0.3) is 10.2 Å². The van der Waals surface area contributed by atoms with E-state index in [-0.39, 0.29) is 32.0 Å². The maximum absolute atomic E-state index is 13.7. The molecule has 2 aromatic rings. The van der Waals surface area contributed by atoms with Gasteiger partial charge in [0.2, 0.25) is 5.91 Å². The van der Waals surface area contributed by atoms with Gasteiger partial charge in [0, 0.05) is 33.7 Å². The predicted octanol–water partition coefficient (Wildman–Crippen LogP) is 2.03. The lowest BCUT2D eigenvalue weighted by molar-refractivity contribution is -0.124. The summed E-state index contributed by atoms with van der Waals surface area (Å²) in [5, 5.41) is 2.76. The Hall–Kier alpha value is -2.36. The van der Waals surface area contributed by atoms with Gasteiger partial charge >= 0.3 is 0 Å². The third-order valence-corrected chi connectivity index (χ3v) is 6.86. The number of hydrogen-bond acceptors (Lipinski definition) is 3. The van der Waals surface area contributed by atoms with Crippen molar-refractivity contribution in [1.82, 2.24) is 13.9 Å². The fourth-order valence-electron chi connectivity index (χ4n) is 3.37. The fraction of sp³-hybridized carbons (Fsp3) is 0.350.